The van der Waals surface area contributed by atoms with Crippen molar-refractivity contribution in [3.05, 3.63) is 35.9 Å². The van der Waals surface area contributed by atoms with E-state index in [9.17, 15) is 0 Å². The molecule has 0 aliphatic heterocycles. The van der Waals surface area contributed by atoms with E-state index in [-0.39, 0.29) is 0 Å². The molecular weight excluding hydrogens is 603 g/mol. The third-order valence-corrected chi connectivity index (χ3v) is 11.8. The van der Waals surface area contributed by atoms with Gasteiger partial charge in [-0.3, -0.25) is 0 Å². The summed E-state index contributed by atoms with van der Waals surface area (Å²) < 4.78 is 1.36. The fourth-order valence-electron chi connectivity index (χ4n) is 8.41. The third kappa shape index (κ3) is 30.8. The lowest BCUT2D eigenvalue weighted by molar-refractivity contribution is -0.941. The van der Waals surface area contributed by atoms with E-state index in [2.05, 4.69) is 51.1 Å². The van der Waals surface area contributed by atoms with E-state index in [1.807, 2.05) is 0 Å². The Bertz CT molecular complexity index is 686. The number of hydrogen-bond donors (Lipinski definition) is 0. The van der Waals surface area contributed by atoms with Crippen molar-refractivity contribution >= 4 is 0 Å². The van der Waals surface area contributed by atoms with Crippen LogP contribution >= 0.6 is 0 Å². The van der Waals surface area contributed by atoms with Crippen LogP contribution in [0.3, 0.4) is 0 Å². The summed E-state index contributed by atoms with van der Waals surface area (Å²) in [5.41, 5.74) is 1.57. The molecule has 50 heavy (non-hydrogen) atoms. The average Bonchev–Trinajstić information content (AvgIpc) is 3.13. The van der Waals surface area contributed by atoms with Gasteiger partial charge in [-0.2, -0.15) is 0 Å². The van der Waals surface area contributed by atoms with Crippen molar-refractivity contribution in [3.8, 4) is 0 Å². The second kappa shape index (κ2) is 37.9. The molecule has 0 amide bonds. The van der Waals surface area contributed by atoms with E-state index in [0.717, 1.165) is 0 Å². The number of hydrogen-bond acceptors (Lipinski definition) is 0. The van der Waals surface area contributed by atoms with Crippen LogP contribution in [-0.4, -0.2) is 24.1 Å². The maximum absolute atomic E-state index is 2.42. The first kappa shape index (κ1) is 47.2. The summed E-state index contributed by atoms with van der Waals surface area (Å²) >= 11 is 0. The number of rotatable bonds is 41. The average molecular weight is 697 g/mol. The Morgan fingerprint density at radius 3 is 0.740 bits per heavy atom. The SMILES string of the molecule is CCCCCCCCCCCCCC[N+](CCCCCCCCCCCCCC)(CCCCCCCCCCCCCC)Cc1ccccc1. The molecule has 1 nitrogen and oxygen atoms in total. The summed E-state index contributed by atoms with van der Waals surface area (Å²) in [6, 6.07) is 11.6. The molecule has 1 heteroatoms. The summed E-state index contributed by atoms with van der Waals surface area (Å²) in [7, 11) is 0. The van der Waals surface area contributed by atoms with Gasteiger partial charge in [0.05, 0.1) is 19.6 Å². The maximum atomic E-state index is 2.42. The Hall–Kier alpha value is -0.820. The first-order chi connectivity index (χ1) is 24.8. The molecule has 1 rings (SSSR count). The number of quaternary nitrogens is 1. The molecule has 0 radical (unpaired) electrons. The molecule has 294 valence electrons. The lowest BCUT2D eigenvalue weighted by Gasteiger charge is -2.39. The van der Waals surface area contributed by atoms with Gasteiger partial charge in [0.25, 0.3) is 0 Å². The zero-order chi connectivity index (χ0) is 35.9. The van der Waals surface area contributed by atoms with Crippen molar-refractivity contribution in [1.29, 1.82) is 0 Å². The Balaban J connectivity index is 2.53. The van der Waals surface area contributed by atoms with Gasteiger partial charge in [-0.15, -0.1) is 0 Å². The molecule has 0 saturated carbocycles. The van der Waals surface area contributed by atoms with Crippen molar-refractivity contribution in [2.75, 3.05) is 19.6 Å². The van der Waals surface area contributed by atoms with Crippen LogP contribution in [-0.2, 0) is 6.54 Å². The summed E-state index contributed by atoms with van der Waals surface area (Å²) in [6.07, 6.45) is 52.2. The fraction of sp³-hybridized carbons (Fsp3) is 0.878. The zero-order valence-corrected chi connectivity index (χ0v) is 35.1. The van der Waals surface area contributed by atoms with Crippen LogP contribution in [0.1, 0.15) is 257 Å². The van der Waals surface area contributed by atoms with Crippen LogP contribution in [0.5, 0.6) is 0 Å². The number of nitrogens with zero attached hydrogens (tertiary/aromatic N) is 1. The van der Waals surface area contributed by atoms with E-state index >= 15 is 0 Å². The highest BCUT2D eigenvalue weighted by Gasteiger charge is 2.26. The molecule has 0 fully saturated rings. The normalized spacial score (nSPS) is 11.9. The standard InChI is InChI=1S/C49H94N/c1-4-7-10-13-16-19-22-25-28-31-34-40-45-50(48-49-43-38-37-39-44-49,46-41-35-32-29-26-23-20-17-14-11-8-5-2)47-42-36-33-30-27-24-21-18-15-12-9-6-3/h37-39,43-44H,4-36,40-42,45-48H2,1-3H3/q+1. The van der Waals surface area contributed by atoms with Gasteiger partial charge in [0.15, 0.2) is 0 Å². The molecule has 1 aromatic carbocycles. The Morgan fingerprint density at radius 2 is 0.500 bits per heavy atom. The van der Waals surface area contributed by atoms with E-state index in [4.69, 9.17) is 0 Å². The van der Waals surface area contributed by atoms with Crippen LogP contribution in [0.2, 0.25) is 0 Å². The molecule has 0 atom stereocenters. The Kier molecular flexibility index (Phi) is 35.8. The van der Waals surface area contributed by atoms with Crippen LogP contribution in [0.15, 0.2) is 30.3 Å². The van der Waals surface area contributed by atoms with Crippen LogP contribution in [0.4, 0.5) is 0 Å². The van der Waals surface area contributed by atoms with Crippen LogP contribution in [0, 0.1) is 0 Å². The molecule has 0 N–H and O–H groups in total. The predicted molar refractivity (Wildman–Crippen MR) is 228 cm³/mol. The minimum Gasteiger partial charge on any atom is -0.320 e. The van der Waals surface area contributed by atoms with Gasteiger partial charge in [-0.1, -0.05) is 244 Å². The van der Waals surface area contributed by atoms with Gasteiger partial charge < -0.3 is 4.48 Å². The van der Waals surface area contributed by atoms with Crippen molar-refractivity contribution in [2.45, 2.75) is 258 Å². The Labute approximate surface area is 317 Å². The molecule has 0 aromatic heterocycles. The molecule has 0 bridgehead atoms. The fourth-order valence-corrected chi connectivity index (χ4v) is 8.41. The minimum absolute atomic E-state index is 1.26. The Morgan fingerprint density at radius 1 is 0.280 bits per heavy atom. The summed E-state index contributed by atoms with van der Waals surface area (Å²) in [5.74, 6) is 0. The third-order valence-electron chi connectivity index (χ3n) is 11.8. The molecule has 0 spiro atoms. The van der Waals surface area contributed by atoms with Crippen molar-refractivity contribution in [2.24, 2.45) is 0 Å². The van der Waals surface area contributed by atoms with Crippen LogP contribution < -0.4 is 0 Å². The van der Waals surface area contributed by atoms with Gasteiger partial charge in [0.2, 0.25) is 0 Å². The summed E-state index contributed by atoms with van der Waals surface area (Å²) in [6.45, 7) is 12.4. The van der Waals surface area contributed by atoms with Gasteiger partial charge >= 0.3 is 0 Å². The van der Waals surface area contributed by atoms with E-state index < -0.39 is 0 Å². The highest BCUT2D eigenvalue weighted by atomic mass is 15.3. The first-order valence-electron chi connectivity index (χ1n) is 23.7. The molecule has 0 unspecified atom stereocenters. The van der Waals surface area contributed by atoms with Crippen molar-refractivity contribution in [1.82, 2.24) is 0 Å². The highest BCUT2D eigenvalue weighted by Crippen LogP contribution is 2.23. The maximum Gasteiger partial charge on any atom is 0.104 e. The van der Waals surface area contributed by atoms with Gasteiger partial charge in [-0.25, -0.2) is 0 Å². The molecule has 0 aliphatic rings. The van der Waals surface area contributed by atoms with Crippen LogP contribution in [0.25, 0.3) is 0 Å². The predicted octanol–water partition coefficient (Wildman–Crippen LogP) is 17.1. The summed E-state index contributed by atoms with van der Waals surface area (Å²) in [4.78, 5) is 0. The monoisotopic (exact) mass is 697 g/mol. The minimum atomic E-state index is 1.26. The number of benzene rings is 1. The molecule has 0 saturated heterocycles. The van der Waals surface area contributed by atoms with E-state index in [1.165, 1.54) is 262 Å². The largest absolute Gasteiger partial charge is 0.320 e. The molecular formula is C49H94N+. The van der Waals surface area contributed by atoms with Crippen molar-refractivity contribution < 1.29 is 4.48 Å². The van der Waals surface area contributed by atoms with Crippen molar-refractivity contribution in [3.63, 3.8) is 0 Å². The molecule has 0 aliphatic carbocycles. The smallest absolute Gasteiger partial charge is 0.104 e. The van der Waals surface area contributed by atoms with E-state index in [0.29, 0.717) is 0 Å². The quantitative estimate of drug-likeness (QED) is 0.0472. The highest BCUT2D eigenvalue weighted by molar-refractivity contribution is 5.13. The molecule has 1 aromatic rings. The van der Waals surface area contributed by atoms with E-state index in [1.54, 1.807) is 5.56 Å². The zero-order valence-electron chi connectivity index (χ0n) is 35.1. The first-order valence-corrected chi connectivity index (χ1v) is 23.7. The number of unbranched alkanes of at least 4 members (excludes halogenated alkanes) is 33. The second-order valence-electron chi connectivity index (χ2n) is 16.8. The summed E-state index contributed by atoms with van der Waals surface area (Å²) in [5, 5.41) is 0. The van der Waals surface area contributed by atoms with Gasteiger partial charge in [-0.05, 0) is 38.5 Å². The topological polar surface area (TPSA) is 0 Å². The lowest BCUT2D eigenvalue weighted by atomic mass is 10.0. The molecule has 0 heterocycles. The second-order valence-corrected chi connectivity index (χ2v) is 16.8. The lowest BCUT2D eigenvalue weighted by Crippen LogP contribution is -2.49. The van der Waals surface area contributed by atoms with Gasteiger partial charge in [0, 0.05) is 5.56 Å². The van der Waals surface area contributed by atoms with Gasteiger partial charge in [0.1, 0.15) is 6.54 Å².